The van der Waals surface area contributed by atoms with Crippen LogP contribution in [0.2, 0.25) is 0 Å². The molecular weight excluding hydrogens is 216 g/mol. The summed E-state index contributed by atoms with van der Waals surface area (Å²) in [7, 11) is -3.30. The molecule has 0 aliphatic heterocycles. The molecule has 1 aromatic rings. The first-order valence-electron chi connectivity index (χ1n) is 4.17. The van der Waals surface area contributed by atoms with E-state index in [1.807, 2.05) is 0 Å². The first-order chi connectivity index (χ1) is 7.01. The Hall–Kier alpha value is -1.63. The van der Waals surface area contributed by atoms with Gasteiger partial charge in [-0.2, -0.15) is 0 Å². The van der Waals surface area contributed by atoms with Crippen LogP contribution < -0.4 is 10.0 Å². The summed E-state index contributed by atoms with van der Waals surface area (Å²) in [4.78, 5) is 0. The highest BCUT2D eigenvalue weighted by molar-refractivity contribution is 7.92. The fourth-order valence-corrected chi connectivity index (χ4v) is 1.34. The summed E-state index contributed by atoms with van der Waals surface area (Å²) in [5.74, 6) is 0.760. The monoisotopic (exact) mass is 228 g/mol. The van der Waals surface area contributed by atoms with Crippen LogP contribution >= 0.6 is 0 Å². The predicted octanol–water partition coefficient (Wildman–Crippen LogP) is 0.446. The molecule has 0 fully saturated rings. The predicted molar refractivity (Wildman–Crippen MR) is 59.2 cm³/mol. The molecule has 0 aromatic carbocycles. The highest BCUT2D eigenvalue weighted by atomic mass is 32.2. The number of sulfonamides is 1. The van der Waals surface area contributed by atoms with Crippen LogP contribution in [0.1, 0.15) is 0 Å². The van der Waals surface area contributed by atoms with Gasteiger partial charge in [0, 0.05) is 6.54 Å². The van der Waals surface area contributed by atoms with Crippen molar-refractivity contribution in [3.8, 4) is 0 Å². The second-order valence-corrected chi connectivity index (χ2v) is 4.60. The quantitative estimate of drug-likeness (QED) is 0.715. The summed E-state index contributed by atoms with van der Waals surface area (Å²) < 4.78 is 23.9. The molecule has 0 radical (unpaired) electrons. The van der Waals surface area contributed by atoms with Crippen molar-refractivity contribution in [3.05, 3.63) is 24.8 Å². The van der Waals surface area contributed by atoms with Gasteiger partial charge in [0.2, 0.25) is 10.0 Å². The molecule has 1 rings (SSSR count). The smallest absolute Gasteiger partial charge is 0.231 e. The molecule has 0 saturated carbocycles. The number of nitrogens with one attached hydrogen (secondary N) is 2. The summed E-state index contributed by atoms with van der Waals surface area (Å²) in [5.41, 5.74) is 0. The van der Waals surface area contributed by atoms with Crippen LogP contribution in [-0.4, -0.2) is 31.4 Å². The zero-order valence-electron chi connectivity index (χ0n) is 8.27. The molecule has 0 amide bonds. The molecule has 82 valence electrons. The van der Waals surface area contributed by atoms with E-state index < -0.39 is 10.0 Å². The Kier molecular flexibility index (Phi) is 3.62. The van der Waals surface area contributed by atoms with Crippen molar-refractivity contribution in [2.45, 2.75) is 0 Å². The normalized spacial score (nSPS) is 10.7. The third-order valence-corrected chi connectivity index (χ3v) is 1.96. The highest BCUT2D eigenvalue weighted by Crippen LogP contribution is 2.06. The van der Waals surface area contributed by atoms with E-state index >= 15 is 0 Å². The van der Waals surface area contributed by atoms with E-state index in [1.54, 1.807) is 12.1 Å². The summed E-state index contributed by atoms with van der Waals surface area (Å²) in [6.45, 7) is 4.12. The average molecular weight is 228 g/mol. The zero-order valence-corrected chi connectivity index (χ0v) is 9.08. The van der Waals surface area contributed by atoms with Gasteiger partial charge in [-0.3, -0.25) is 4.72 Å². The van der Waals surface area contributed by atoms with Crippen LogP contribution in [0.15, 0.2) is 24.8 Å². The number of hydrogen-bond acceptors (Lipinski definition) is 5. The molecule has 0 unspecified atom stereocenters. The summed E-state index contributed by atoms with van der Waals surface area (Å²) >= 11 is 0. The fraction of sp³-hybridized carbons (Fsp3) is 0.250. The van der Waals surface area contributed by atoms with Crippen molar-refractivity contribution in [1.82, 2.24) is 10.2 Å². The first-order valence-corrected chi connectivity index (χ1v) is 6.07. The minimum absolute atomic E-state index is 0.196. The van der Waals surface area contributed by atoms with Crippen LogP contribution in [0.25, 0.3) is 0 Å². The number of rotatable bonds is 5. The lowest BCUT2D eigenvalue weighted by molar-refractivity contribution is 0.606. The molecular formula is C8H12N4O2S. The minimum atomic E-state index is -3.30. The van der Waals surface area contributed by atoms with Crippen molar-refractivity contribution < 1.29 is 8.42 Å². The molecule has 0 aliphatic carbocycles. The van der Waals surface area contributed by atoms with Gasteiger partial charge < -0.3 is 5.32 Å². The molecule has 0 atom stereocenters. The van der Waals surface area contributed by atoms with Crippen LogP contribution in [-0.2, 0) is 10.0 Å². The van der Waals surface area contributed by atoms with E-state index in [-0.39, 0.29) is 5.82 Å². The number of nitrogens with zero attached hydrogens (tertiary/aromatic N) is 2. The SMILES string of the molecule is C=CCNc1ccc(NS(C)(=O)=O)nn1. The van der Waals surface area contributed by atoms with Crippen molar-refractivity contribution in [2.75, 3.05) is 22.8 Å². The third-order valence-electron chi connectivity index (χ3n) is 1.38. The molecule has 0 saturated heterocycles. The Morgan fingerprint density at radius 1 is 1.40 bits per heavy atom. The molecule has 1 heterocycles. The molecule has 6 nitrogen and oxygen atoms in total. The van der Waals surface area contributed by atoms with Gasteiger partial charge in [0.15, 0.2) is 5.82 Å². The standard InChI is InChI=1S/C8H12N4O2S/c1-3-6-9-7-4-5-8(11-10-7)12-15(2,13)14/h3-5H,1,6H2,2H3,(H,9,10)(H,11,12). The Balaban J connectivity index is 2.68. The van der Waals surface area contributed by atoms with E-state index in [2.05, 4.69) is 26.8 Å². The van der Waals surface area contributed by atoms with Crippen molar-refractivity contribution in [3.63, 3.8) is 0 Å². The molecule has 1 aromatic heterocycles. The fourth-order valence-electron chi connectivity index (χ4n) is 0.848. The maximum Gasteiger partial charge on any atom is 0.231 e. The largest absolute Gasteiger partial charge is 0.365 e. The molecule has 0 bridgehead atoms. The van der Waals surface area contributed by atoms with Gasteiger partial charge in [0.1, 0.15) is 5.82 Å². The minimum Gasteiger partial charge on any atom is -0.365 e. The van der Waals surface area contributed by atoms with Gasteiger partial charge in [0.05, 0.1) is 6.26 Å². The van der Waals surface area contributed by atoms with Gasteiger partial charge in [-0.1, -0.05) is 6.08 Å². The van der Waals surface area contributed by atoms with Crippen LogP contribution in [0.3, 0.4) is 0 Å². The van der Waals surface area contributed by atoms with Crippen molar-refractivity contribution >= 4 is 21.7 Å². The van der Waals surface area contributed by atoms with Crippen molar-refractivity contribution in [1.29, 1.82) is 0 Å². The van der Waals surface area contributed by atoms with Gasteiger partial charge in [-0.05, 0) is 12.1 Å². The van der Waals surface area contributed by atoms with E-state index in [4.69, 9.17) is 0 Å². The Labute approximate surface area is 88.5 Å². The topological polar surface area (TPSA) is 84.0 Å². The average Bonchev–Trinajstić information content (AvgIpc) is 2.14. The lowest BCUT2D eigenvalue weighted by Crippen LogP contribution is -2.11. The van der Waals surface area contributed by atoms with Gasteiger partial charge in [-0.25, -0.2) is 8.42 Å². The number of anilines is 2. The molecule has 7 heteroatoms. The van der Waals surface area contributed by atoms with Gasteiger partial charge in [-0.15, -0.1) is 16.8 Å². The van der Waals surface area contributed by atoms with Crippen LogP contribution in [0, 0.1) is 0 Å². The third kappa shape index (κ3) is 4.41. The number of hydrogen-bond donors (Lipinski definition) is 2. The lowest BCUT2D eigenvalue weighted by atomic mass is 10.5. The van der Waals surface area contributed by atoms with E-state index in [9.17, 15) is 8.42 Å². The van der Waals surface area contributed by atoms with Crippen LogP contribution in [0.4, 0.5) is 11.6 Å². The summed E-state index contributed by atoms with van der Waals surface area (Å²) in [5, 5.41) is 10.4. The Morgan fingerprint density at radius 3 is 2.47 bits per heavy atom. The van der Waals surface area contributed by atoms with Crippen LogP contribution in [0.5, 0.6) is 0 Å². The zero-order chi connectivity index (χ0) is 11.3. The Bertz CT molecular complexity index is 426. The maximum absolute atomic E-state index is 10.8. The van der Waals surface area contributed by atoms with Gasteiger partial charge >= 0.3 is 0 Å². The van der Waals surface area contributed by atoms with E-state index in [0.717, 1.165) is 6.26 Å². The van der Waals surface area contributed by atoms with Gasteiger partial charge in [0.25, 0.3) is 0 Å². The molecule has 0 aliphatic rings. The second kappa shape index (κ2) is 4.74. The number of aromatic nitrogens is 2. The lowest BCUT2D eigenvalue weighted by Gasteiger charge is -2.03. The Morgan fingerprint density at radius 2 is 2.00 bits per heavy atom. The summed E-state index contributed by atoms with van der Waals surface area (Å²) in [6.07, 6.45) is 2.74. The molecule has 0 spiro atoms. The van der Waals surface area contributed by atoms with Crippen molar-refractivity contribution in [2.24, 2.45) is 0 Å². The second-order valence-electron chi connectivity index (χ2n) is 2.85. The van der Waals surface area contributed by atoms with E-state index in [0.29, 0.717) is 12.4 Å². The molecule has 15 heavy (non-hydrogen) atoms. The summed E-state index contributed by atoms with van der Waals surface area (Å²) in [6, 6.07) is 3.16. The molecule has 2 N–H and O–H groups in total. The first kappa shape index (κ1) is 11.4. The highest BCUT2D eigenvalue weighted by Gasteiger charge is 2.02. The van der Waals surface area contributed by atoms with E-state index in [1.165, 1.54) is 6.07 Å². The maximum atomic E-state index is 10.8.